The molecule has 1 aromatic heterocycles. The van der Waals surface area contributed by atoms with E-state index in [1.807, 2.05) is 43.3 Å². The van der Waals surface area contributed by atoms with E-state index in [4.69, 9.17) is 0 Å². The van der Waals surface area contributed by atoms with Crippen molar-refractivity contribution in [1.29, 1.82) is 0 Å². The van der Waals surface area contributed by atoms with Crippen LogP contribution in [0, 0.1) is 0 Å². The number of carboxylic acid groups (broad SMARTS) is 1. The van der Waals surface area contributed by atoms with Crippen LogP contribution in [0.2, 0.25) is 0 Å². The quantitative estimate of drug-likeness (QED) is 0.510. The lowest BCUT2D eigenvalue weighted by molar-refractivity contribution is -0.0177. The Balaban J connectivity index is 1.89. The molecular formula is C23H23F2N3O2. The van der Waals surface area contributed by atoms with E-state index >= 15 is 0 Å². The number of allylic oxidation sites excluding steroid dienone is 2. The summed E-state index contributed by atoms with van der Waals surface area (Å²) in [5.74, 6) is -4.05. The van der Waals surface area contributed by atoms with Crippen molar-refractivity contribution in [3.05, 3.63) is 83.5 Å². The van der Waals surface area contributed by atoms with Gasteiger partial charge >= 0.3 is 11.9 Å². The molecule has 2 aromatic carbocycles. The highest BCUT2D eigenvalue weighted by molar-refractivity contribution is 5.95. The fourth-order valence-electron chi connectivity index (χ4n) is 3.07. The second-order valence-electron chi connectivity index (χ2n) is 6.89. The molecule has 0 saturated carbocycles. The van der Waals surface area contributed by atoms with Crippen LogP contribution in [-0.4, -0.2) is 25.8 Å². The van der Waals surface area contributed by atoms with E-state index in [-0.39, 0.29) is 12.0 Å². The molecule has 5 nitrogen and oxygen atoms in total. The molecular weight excluding hydrogens is 388 g/mol. The van der Waals surface area contributed by atoms with Gasteiger partial charge < -0.3 is 5.11 Å². The smallest absolute Gasteiger partial charge is 0.336 e. The fraction of sp³-hybridized carbons (Fsp3) is 0.261. The zero-order chi connectivity index (χ0) is 21.7. The Labute approximate surface area is 173 Å². The Hall–Kier alpha value is -3.35. The van der Waals surface area contributed by atoms with Crippen molar-refractivity contribution >= 4 is 5.97 Å². The number of carboxylic acids is 1. The lowest BCUT2D eigenvalue weighted by Gasteiger charge is -2.09. The van der Waals surface area contributed by atoms with Gasteiger partial charge in [0.2, 0.25) is 5.82 Å². The van der Waals surface area contributed by atoms with E-state index in [1.165, 1.54) is 11.6 Å². The van der Waals surface area contributed by atoms with Crippen LogP contribution in [0.25, 0.3) is 11.1 Å². The first-order valence-corrected chi connectivity index (χ1v) is 9.70. The SMILES string of the molecule is C/C=C/Cc1nc(C(F)(F)CC)nn1Cc1ccc(-c2ccccc2C(=O)O)cc1. The molecule has 0 fully saturated rings. The third-order valence-electron chi connectivity index (χ3n) is 4.81. The molecule has 0 bridgehead atoms. The molecule has 0 saturated heterocycles. The summed E-state index contributed by atoms with van der Waals surface area (Å²) in [5.41, 5.74) is 2.46. The minimum Gasteiger partial charge on any atom is -0.478 e. The molecule has 3 rings (SSSR count). The van der Waals surface area contributed by atoms with Crippen molar-refractivity contribution in [2.24, 2.45) is 0 Å². The van der Waals surface area contributed by atoms with Crippen molar-refractivity contribution in [2.45, 2.75) is 39.2 Å². The molecule has 0 aliphatic carbocycles. The number of hydrogen-bond donors (Lipinski definition) is 1. The molecule has 0 atom stereocenters. The van der Waals surface area contributed by atoms with Gasteiger partial charge in [0.1, 0.15) is 5.82 Å². The van der Waals surface area contributed by atoms with Crippen LogP contribution in [-0.2, 0) is 18.9 Å². The Morgan fingerprint density at radius 2 is 1.87 bits per heavy atom. The van der Waals surface area contributed by atoms with Crippen LogP contribution in [0.1, 0.15) is 47.8 Å². The second kappa shape index (κ2) is 8.98. The molecule has 1 N–H and O–H groups in total. The summed E-state index contributed by atoms with van der Waals surface area (Å²) in [6, 6.07) is 14.1. The molecule has 0 spiro atoms. The van der Waals surface area contributed by atoms with Crippen molar-refractivity contribution in [3.8, 4) is 11.1 Å². The van der Waals surface area contributed by atoms with Crippen molar-refractivity contribution in [1.82, 2.24) is 14.8 Å². The van der Waals surface area contributed by atoms with Gasteiger partial charge in [-0.15, -0.1) is 5.10 Å². The zero-order valence-electron chi connectivity index (χ0n) is 16.8. The number of halogens is 2. The number of benzene rings is 2. The maximum Gasteiger partial charge on any atom is 0.336 e. The molecule has 0 aliphatic heterocycles. The van der Waals surface area contributed by atoms with Crippen LogP contribution >= 0.6 is 0 Å². The van der Waals surface area contributed by atoms with Crippen molar-refractivity contribution < 1.29 is 18.7 Å². The first kappa shape index (κ1) is 21.4. The van der Waals surface area contributed by atoms with E-state index < -0.39 is 17.7 Å². The topological polar surface area (TPSA) is 68.0 Å². The van der Waals surface area contributed by atoms with Gasteiger partial charge in [0.25, 0.3) is 0 Å². The largest absolute Gasteiger partial charge is 0.478 e. The molecule has 156 valence electrons. The number of aromatic nitrogens is 3. The van der Waals surface area contributed by atoms with E-state index in [9.17, 15) is 18.7 Å². The summed E-state index contributed by atoms with van der Waals surface area (Å²) >= 11 is 0. The van der Waals surface area contributed by atoms with Crippen LogP contribution in [0.15, 0.2) is 60.7 Å². The number of carbonyl (C=O) groups is 1. The number of rotatable bonds is 8. The highest BCUT2D eigenvalue weighted by atomic mass is 19.3. The van der Waals surface area contributed by atoms with Gasteiger partial charge in [0.15, 0.2) is 0 Å². The second-order valence-corrected chi connectivity index (χ2v) is 6.89. The Morgan fingerprint density at radius 1 is 1.17 bits per heavy atom. The summed E-state index contributed by atoms with van der Waals surface area (Å²) in [6.07, 6.45) is 3.73. The number of aromatic carboxylic acids is 1. The standard InChI is InChI=1S/C23H23F2N3O2/c1-3-5-10-20-26-22(23(24,25)4-2)27-28(20)15-16-11-13-17(14-12-16)18-8-6-7-9-19(18)21(29)30/h3,5-9,11-14H,4,10,15H2,1-2H3,(H,29,30)/b5-3+. The average molecular weight is 411 g/mol. The summed E-state index contributed by atoms with van der Waals surface area (Å²) in [4.78, 5) is 15.5. The first-order chi connectivity index (χ1) is 14.4. The number of nitrogens with zero attached hydrogens (tertiary/aromatic N) is 3. The van der Waals surface area contributed by atoms with Crippen LogP contribution in [0.5, 0.6) is 0 Å². The fourth-order valence-corrected chi connectivity index (χ4v) is 3.07. The van der Waals surface area contributed by atoms with Crippen LogP contribution in [0.3, 0.4) is 0 Å². The Bertz CT molecular complexity index is 1060. The molecule has 7 heteroatoms. The van der Waals surface area contributed by atoms with Crippen LogP contribution in [0.4, 0.5) is 8.78 Å². The molecule has 0 radical (unpaired) electrons. The lowest BCUT2D eigenvalue weighted by atomic mass is 9.99. The minimum atomic E-state index is -3.07. The minimum absolute atomic E-state index is 0.224. The molecule has 0 aliphatic rings. The predicted molar refractivity (Wildman–Crippen MR) is 111 cm³/mol. The highest BCUT2D eigenvalue weighted by Crippen LogP contribution is 2.29. The summed E-state index contributed by atoms with van der Waals surface area (Å²) < 4.78 is 29.7. The van der Waals surface area contributed by atoms with Gasteiger partial charge in [-0.3, -0.25) is 0 Å². The van der Waals surface area contributed by atoms with E-state index in [0.717, 1.165) is 11.1 Å². The van der Waals surface area contributed by atoms with Gasteiger partial charge in [0, 0.05) is 12.8 Å². The summed E-state index contributed by atoms with van der Waals surface area (Å²) in [7, 11) is 0. The van der Waals surface area contributed by atoms with Crippen molar-refractivity contribution in [3.63, 3.8) is 0 Å². The normalized spacial score (nSPS) is 11.9. The maximum absolute atomic E-state index is 14.1. The molecule has 30 heavy (non-hydrogen) atoms. The third kappa shape index (κ3) is 4.62. The number of hydrogen-bond acceptors (Lipinski definition) is 3. The lowest BCUT2D eigenvalue weighted by Crippen LogP contribution is -2.14. The van der Waals surface area contributed by atoms with Gasteiger partial charge in [-0.25, -0.2) is 14.5 Å². The molecule has 3 aromatic rings. The van der Waals surface area contributed by atoms with Gasteiger partial charge in [0.05, 0.1) is 12.1 Å². The van der Waals surface area contributed by atoms with Crippen molar-refractivity contribution in [2.75, 3.05) is 0 Å². The molecule has 1 heterocycles. The number of alkyl halides is 2. The van der Waals surface area contributed by atoms with Gasteiger partial charge in [-0.05, 0) is 29.7 Å². The molecule has 0 unspecified atom stereocenters. The van der Waals surface area contributed by atoms with E-state index in [0.29, 0.717) is 24.4 Å². The van der Waals surface area contributed by atoms with Gasteiger partial charge in [-0.2, -0.15) is 8.78 Å². The third-order valence-corrected chi connectivity index (χ3v) is 4.81. The average Bonchev–Trinajstić information content (AvgIpc) is 3.16. The maximum atomic E-state index is 14.1. The predicted octanol–water partition coefficient (Wildman–Crippen LogP) is 5.31. The Morgan fingerprint density at radius 3 is 2.50 bits per heavy atom. The monoisotopic (exact) mass is 411 g/mol. The van der Waals surface area contributed by atoms with E-state index in [2.05, 4.69) is 10.1 Å². The van der Waals surface area contributed by atoms with Gasteiger partial charge in [-0.1, -0.05) is 61.5 Å². The van der Waals surface area contributed by atoms with Crippen LogP contribution < -0.4 is 0 Å². The summed E-state index contributed by atoms with van der Waals surface area (Å²) in [6.45, 7) is 3.55. The Kier molecular flexibility index (Phi) is 6.40. The highest BCUT2D eigenvalue weighted by Gasteiger charge is 2.34. The summed E-state index contributed by atoms with van der Waals surface area (Å²) in [5, 5.41) is 13.4. The zero-order valence-corrected chi connectivity index (χ0v) is 16.8. The molecule has 0 amide bonds. The van der Waals surface area contributed by atoms with E-state index in [1.54, 1.807) is 24.3 Å². The first-order valence-electron chi connectivity index (χ1n) is 9.70.